The lowest BCUT2D eigenvalue weighted by Gasteiger charge is -2.22. The van der Waals surface area contributed by atoms with Crippen LogP contribution in [0, 0.1) is 0 Å². The van der Waals surface area contributed by atoms with Gasteiger partial charge in [-0.2, -0.15) is 0 Å². The molecule has 1 heterocycles. The van der Waals surface area contributed by atoms with Gasteiger partial charge >= 0.3 is 0 Å². The number of amides is 1. The molecular weight excluding hydrogens is 362 g/mol. The Balaban J connectivity index is 1.61. The first-order chi connectivity index (χ1) is 14.2. The Kier molecular flexibility index (Phi) is 5.61. The van der Waals surface area contributed by atoms with E-state index in [0.717, 1.165) is 17.7 Å². The van der Waals surface area contributed by atoms with Crippen molar-refractivity contribution in [1.82, 2.24) is 0 Å². The van der Waals surface area contributed by atoms with Gasteiger partial charge in [0, 0.05) is 17.8 Å². The lowest BCUT2D eigenvalue weighted by atomic mass is 10.1. The Morgan fingerprint density at radius 2 is 1.72 bits per heavy atom. The summed E-state index contributed by atoms with van der Waals surface area (Å²) in [6.45, 7) is 2.77. The lowest BCUT2D eigenvalue weighted by Crippen LogP contribution is -2.31. The smallest absolute Gasteiger partial charge is 0.258 e. The Morgan fingerprint density at radius 3 is 2.48 bits per heavy atom. The Hall–Kier alpha value is -3.53. The number of rotatable bonds is 6. The number of hydrogen-bond donors (Lipinski definition) is 0. The third-order valence-corrected chi connectivity index (χ3v) is 4.92. The minimum Gasteiger partial charge on any atom is -0.454 e. The molecule has 0 atom stereocenters. The molecule has 0 N–H and O–H groups in total. The number of ether oxygens (including phenoxy) is 2. The van der Waals surface area contributed by atoms with Crippen LogP contribution in [0.3, 0.4) is 0 Å². The molecule has 3 aromatic rings. The van der Waals surface area contributed by atoms with Crippen molar-refractivity contribution >= 4 is 17.7 Å². The van der Waals surface area contributed by atoms with Crippen LogP contribution >= 0.6 is 0 Å². The minimum atomic E-state index is -0.0785. The molecule has 1 aliphatic heterocycles. The lowest BCUT2D eigenvalue weighted by molar-refractivity contribution is 0.0989. The summed E-state index contributed by atoms with van der Waals surface area (Å²) < 4.78 is 10.8. The van der Waals surface area contributed by atoms with Crippen molar-refractivity contribution in [3.05, 3.63) is 95.6 Å². The van der Waals surface area contributed by atoms with Crippen molar-refractivity contribution in [3.63, 3.8) is 0 Å². The van der Waals surface area contributed by atoms with E-state index < -0.39 is 0 Å². The Labute approximate surface area is 171 Å². The zero-order chi connectivity index (χ0) is 20.1. The summed E-state index contributed by atoms with van der Waals surface area (Å²) in [4.78, 5) is 15.1. The summed E-state index contributed by atoms with van der Waals surface area (Å²) >= 11 is 0. The second-order valence-electron chi connectivity index (χ2n) is 6.82. The zero-order valence-electron chi connectivity index (χ0n) is 16.4. The highest BCUT2D eigenvalue weighted by Gasteiger charge is 2.21. The molecule has 0 fully saturated rings. The van der Waals surface area contributed by atoms with Crippen LogP contribution < -0.4 is 14.4 Å². The topological polar surface area (TPSA) is 38.8 Å². The van der Waals surface area contributed by atoms with Gasteiger partial charge < -0.3 is 14.4 Å². The average Bonchev–Trinajstić information content (AvgIpc) is 3.25. The van der Waals surface area contributed by atoms with Crippen molar-refractivity contribution in [2.24, 2.45) is 0 Å². The molecule has 1 aliphatic rings. The third-order valence-electron chi connectivity index (χ3n) is 4.92. The summed E-state index contributed by atoms with van der Waals surface area (Å²) in [7, 11) is 0. The highest BCUT2D eigenvalue weighted by molar-refractivity contribution is 6.06. The highest BCUT2D eigenvalue weighted by Crippen LogP contribution is 2.33. The summed E-state index contributed by atoms with van der Waals surface area (Å²) in [5, 5.41) is 0. The predicted octanol–water partition coefficient (Wildman–Crippen LogP) is 5.34. The molecule has 146 valence electrons. The van der Waals surface area contributed by atoms with E-state index in [4.69, 9.17) is 9.47 Å². The van der Waals surface area contributed by atoms with Gasteiger partial charge in [0.05, 0.1) is 0 Å². The van der Waals surface area contributed by atoms with Crippen molar-refractivity contribution in [3.8, 4) is 11.5 Å². The van der Waals surface area contributed by atoms with Gasteiger partial charge in [-0.15, -0.1) is 0 Å². The number of aryl methyl sites for hydroxylation is 1. The number of hydrogen-bond acceptors (Lipinski definition) is 3. The van der Waals surface area contributed by atoms with Gasteiger partial charge in [0.1, 0.15) is 0 Å². The Bertz CT molecular complexity index is 1010. The molecular formula is C25H23NO3. The molecule has 4 nitrogen and oxygen atoms in total. The first-order valence-corrected chi connectivity index (χ1v) is 9.76. The van der Waals surface area contributed by atoms with Gasteiger partial charge in [0.15, 0.2) is 11.5 Å². The van der Waals surface area contributed by atoms with Crippen LogP contribution in [-0.2, 0) is 6.42 Å². The number of nitrogens with zero attached hydrogens (tertiary/aromatic N) is 1. The maximum Gasteiger partial charge on any atom is 0.258 e. The molecule has 0 aliphatic carbocycles. The standard InChI is InChI=1S/C25H23NO3/c1-2-19-10-13-22(14-11-19)26(16-6-9-20-7-4-3-5-8-20)25(27)21-12-15-23-24(17-21)29-18-28-23/h3-15,17H,2,16,18H2,1H3/b9-6+. The fraction of sp³-hybridized carbons (Fsp3) is 0.160. The van der Waals surface area contributed by atoms with Crippen molar-refractivity contribution in [2.75, 3.05) is 18.2 Å². The quantitative estimate of drug-likeness (QED) is 0.575. The van der Waals surface area contributed by atoms with E-state index in [1.807, 2.05) is 54.6 Å². The molecule has 3 aromatic carbocycles. The van der Waals surface area contributed by atoms with Crippen LogP contribution in [0.4, 0.5) is 5.69 Å². The fourth-order valence-corrected chi connectivity index (χ4v) is 3.26. The number of carbonyl (C=O) groups excluding carboxylic acids is 1. The molecule has 0 bridgehead atoms. The monoisotopic (exact) mass is 385 g/mol. The van der Waals surface area contributed by atoms with E-state index in [9.17, 15) is 4.79 Å². The normalized spacial score (nSPS) is 12.3. The minimum absolute atomic E-state index is 0.0785. The van der Waals surface area contributed by atoms with Gasteiger partial charge in [-0.25, -0.2) is 0 Å². The van der Waals surface area contributed by atoms with E-state index in [-0.39, 0.29) is 12.7 Å². The van der Waals surface area contributed by atoms with Crippen LogP contribution in [0.15, 0.2) is 78.9 Å². The number of fused-ring (bicyclic) bond motifs is 1. The fourth-order valence-electron chi connectivity index (χ4n) is 3.26. The average molecular weight is 385 g/mol. The summed E-state index contributed by atoms with van der Waals surface area (Å²) in [6.07, 6.45) is 5.00. The van der Waals surface area contributed by atoms with Crippen LogP contribution in [0.25, 0.3) is 6.08 Å². The summed E-state index contributed by atoms with van der Waals surface area (Å²) in [5.41, 5.74) is 3.78. The third kappa shape index (κ3) is 4.32. The molecule has 4 rings (SSSR count). The van der Waals surface area contributed by atoms with Gasteiger partial charge in [0.2, 0.25) is 6.79 Å². The zero-order valence-corrected chi connectivity index (χ0v) is 16.4. The molecule has 0 saturated heterocycles. The van der Waals surface area contributed by atoms with Gasteiger partial charge in [-0.05, 0) is 47.9 Å². The first-order valence-electron chi connectivity index (χ1n) is 9.76. The van der Waals surface area contributed by atoms with Gasteiger partial charge in [0.25, 0.3) is 5.91 Å². The van der Waals surface area contributed by atoms with Crippen LogP contribution in [0.2, 0.25) is 0 Å². The maximum absolute atomic E-state index is 13.3. The predicted molar refractivity (Wildman–Crippen MR) is 116 cm³/mol. The number of carbonyl (C=O) groups is 1. The second-order valence-corrected chi connectivity index (χ2v) is 6.82. The van der Waals surface area contributed by atoms with E-state index in [2.05, 4.69) is 19.1 Å². The maximum atomic E-state index is 13.3. The van der Waals surface area contributed by atoms with Crippen molar-refractivity contribution in [2.45, 2.75) is 13.3 Å². The van der Waals surface area contributed by atoms with Crippen molar-refractivity contribution in [1.29, 1.82) is 0 Å². The van der Waals surface area contributed by atoms with E-state index in [0.29, 0.717) is 23.6 Å². The van der Waals surface area contributed by atoms with Crippen LogP contribution in [0.5, 0.6) is 11.5 Å². The molecule has 0 saturated carbocycles. The van der Waals surface area contributed by atoms with Crippen molar-refractivity contribution < 1.29 is 14.3 Å². The van der Waals surface area contributed by atoms with Crippen LogP contribution in [-0.4, -0.2) is 19.2 Å². The molecule has 0 spiro atoms. The molecule has 29 heavy (non-hydrogen) atoms. The SMILES string of the molecule is CCc1ccc(N(C/C=C/c2ccccc2)C(=O)c2ccc3c(c2)OCO3)cc1. The second kappa shape index (κ2) is 8.65. The first kappa shape index (κ1) is 18.8. The molecule has 0 unspecified atom stereocenters. The van der Waals surface area contributed by atoms with Crippen LogP contribution in [0.1, 0.15) is 28.4 Å². The van der Waals surface area contributed by atoms with Gasteiger partial charge in [-0.3, -0.25) is 4.79 Å². The van der Waals surface area contributed by atoms with E-state index >= 15 is 0 Å². The van der Waals surface area contributed by atoms with Gasteiger partial charge in [-0.1, -0.05) is 61.5 Å². The summed E-state index contributed by atoms with van der Waals surface area (Å²) in [6, 6.07) is 23.5. The van der Waals surface area contributed by atoms with E-state index in [1.54, 1.807) is 23.1 Å². The number of benzene rings is 3. The van der Waals surface area contributed by atoms with E-state index in [1.165, 1.54) is 5.56 Å². The Morgan fingerprint density at radius 1 is 0.966 bits per heavy atom. The molecule has 1 amide bonds. The molecule has 0 radical (unpaired) electrons. The highest BCUT2D eigenvalue weighted by atomic mass is 16.7. The molecule has 0 aromatic heterocycles. The summed E-state index contributed by atoms with van der Waals surface area (Å²) in [5.74, 6) is 1.20. The molecule has 4 heteroatoms. The number of anilines is 1. The largest absolute Gasteiger partial charge is 0.454 e.